The van der Waals surface area contributed by atoms with E-state index >= 15 is 0 Å². The highest BCUT2D eigenvalue weighted by molar-refractivity contribution is 5.41. The van der Waals surface area contributed by atoms with Gasteiger partial charge in [-0.05, 0) is 31.1 Å². The van der Waals surface area contributed by atoms with Crippen LogP contribution in [0.4, 0.5) is 0 Å². The Hall–Kier alpha value is -0.980. The van der Waals surface area contributed by atoms with Crippen molar-refractivity contribution in [2.24, 2.45) is 0 Å². The molecule has 1 nitrogen and oxygen atoms in total. The van der Waals surface area contributed by atoms with Gasteiger partial charge >= 0.3 is 0 Å². The number of hydrogen-bond acceptors (Lipinski definition) is 1. The van der Waals surface area contributed by atoms with Crippen LogP contribution in [-0.2, 0) is 0 Å². The second-order valence-corrected chi connectivity index (χ2v) is 3.62. The molecule has 0 radical (unpaired) electrons. The number of furan rings is 1. The summed E-state index contributed by atoms with van der Waals surface area (Å²) in [6.07, 6.45) is 13.9. The lowest BCUT2D eigenvalue weighted by Crippen LogP contribution is -1.75. The van der Waals surface area contributed by atoms with Crippen molar-refractivity contribution in [2.75, 3.05) is 0 Å². The number of unbranched alkanes of at least 4 members (excludes halogenated alkanes) is 5. The van der Waals surface area contributed by atoms with E-state index in [1.165, 1.54) is 38.5 Å². The zero-order valence-electron chi connectivity index (χ0n) is 9.04. The monoisotopic (exact) mass is 192 g/mol. The summed E-state index contributed by atoms with van der Waals surface area (Å²) < 4.78 is 5.19. The van der Waals surface area contributed by atoms with Crippen molar-refractivity contribution in [2.45, 2.75) is 45.4 Å². The summed E-state index contributed by atoms with van der Waals surface area (Å²) in [5.74, 6) is 0.957. The molecule has 0 aliphatic rings. The largest absolute Gasteiger partial charge is 0.465 e. The lowest BCUT2D eigenvalue weighted by Gasteiger charge is -1.95. The Kier molecular flexibility index (Phi) is 5.89. The fourth-order valence-electron chi connectivity index (χ4n) is 1.45. The van der Waals surface area contributed by atoms with E-state index in [4.69, 9.17) is 4.42 Å². The molecule has 0 aliphatic carbocycles. The molecule has 0 N–H and O–H groups in total. The van der Waals surface area contributed by atoms with E-state index in [9.17, 15) is 0 Å². The van der Waals surface area contributed by atoms with Crippen LogP contribution < -0.4 is 0 Å². The van der Waals surface area contributed by atoms with E-state index in [2.05, 4.69) is 19.1 Å². The van der Waals surface area contributed by atoms with Crippen LogP contribution in [0.5, 0.6) is 0 Å². The smallest absolute Gasteiger partial charge is 0.126 e. The van der Waals surface area contributed by atoms with Crippen LogP contribution in [0.25, 0.3) is 6.08 Å². The van der Waals surface area contributed by atoms with Gasteiger partial charge in [-0.2, -0.15) is 0 Å². The molecule has 0 aromatic carbocycles. The molecule has 0 spiro atoms. The Bertz CT molecular complexity index is 234. The van der Waals surface area contributed by atoms with Crippen LogP contribution in [0.1, 0.15) is 51.2 Å². The first-order valence-corrected chi connectivity index (χ1v) is 5.63. The molecule has 0 aliphatic heterocycles. The van der Waals surface area contributed by atoms with Crippen LogP contribution in [-0.4, -0.2) is 0 Å². The van der Waals surface area contributed by atoms with Gasteiger partial charge in [0.1, 0.15) is 5.76 Å². The minimum atomic E-state index is 0.957. The summed E-state index contributed by atoms with van der Waals surface area (Å²) in [6, 6.07) is 3.90. The summed E-state index contributed by atoms with van der Waals surface area (Å²) in [5.41, 5.74) is 0. The summed E-state index contributed by atoms with van der Waals surface area (Å²) in [7, 11) is 0. The predicted octanol–water partition coefficient (Wildman–Crippen LogP) is 4.65. The molecule has 0 fully saturated rings. The van der Waals surface area contributed by atoms with Crippen molar-refractivity contribution >= 4 is 6.08 Å². The third-order valence-corrected chi connectivity index (χ3v) is 2.30. The highest BCUT2D eigenvalue weighted by Crippen LogP contribution is 2.07. The van der Waals surface area contributed by atoms with Crippen molar-refractivity contribution in [3.63, 3.8) is 0 Å². The van der Waals surface area contributed by atoms with Crippen LogP contribution in [0.2, 0.25) is 0 Å². The molecule has 1 heterocycles. The van der Waals surface area contributed by atoms with Gasteiger partial charge in [0.05, 0.1) is 6.26 Å². The molecular formula is C13H20O. The van der Waals surface area contributed by atoms with Gasteiger partial charge < -0.3 is 4.42 Å². The molecule has 1 rings (SSSR count). The zero-order chi connectivity index (χ0) is 10.1. The van der Waals surface area contributed by atoms with Gasteiger partial charge in [-0.3, -0.25) is 0 Å². The summed E-state index contributed by atoms with van der Waals surface area (Å²) in [6.45, 7) is 2.25. The fourth-order valence-corrected chi connectivity index (χ4v) is 1.45. The predicted molar refractivity (Wildman–Crippen MR) is 61.1 cm³/mol. The minimum Gasteiger partial charge on any atom is -0.465 e. The molecule has 0 amide bonds. The first-order valence-electron chi connectivity index (χ1n) is 5.63. The molecule has 0 unspecified atom stereocenters. The van der Waals surface area contributed by atoms with Gasteiger partial charge in [-0.15, -0.1) is 0 Å². The normalized spacial score (nSPS) is 11.2. The van der Waals surface area contributed by atoms with Gasteiger partial charge in [-0.25, -0.2) is 0 Å². The van der Waals surface area contributed by atoms with E-state index in [0.717, 1.165) is 5.76 Å². The molecular weight excluding hydrogens is 172 g/mol. The van der Waals surface area contributed by atoms with Gasteiger partial charge in [0.2, 0.25) is 0 Å². The van der Waals surface area contributed by atoms with E-state index in [0.29, 0.717) is 0 Å². The van der Waals surface area contributed by atoms with E-state index in [-0.39, 0.29) is 0 Å². The third-order valence-electron chi connectivity index (χ3n) is 2.30. The molecule has 1 heteroatoms. The molecule has 1 aromatic rings. The Labute approximate surface area is 86.8 Å². The first-order chi connectivity index (χ1) is 6.93. The van der Waals surface area contributed by atoms with Crippen LogP contribution in [0.15, 0.2) is 28.9 Å². The van der Waals surface area contributed by atoms with Gasteiger partial charge in [0.15, 0.2) is 0 Å². The second-order valence-electron chi connectivity index (χ2n) is 3.62. The number of allylic oxidation sites excluding steroid dienone is 1. The lowest BCUT2D eigenvalue weighted by molar-refractivity contribution is 0.556. The zero-order valence-corrected chi connectivity index (χ0v) is 9.04. The summed E-state index contributed by atoms with van der Waals surface area (Å²) in [5, 5.41) is 0. The van der Waals surface area contributed by atoms with Gasteiger partial charge in [-0.1, -0.05) is 38.7 Å². The highest BCUT2D eigenvalue weighted by Gasteiger charge is 1.88. The van der Waals surface area contributed by atoms with E-state index in [1.54, 1.807) is 6.26 Å². The molecule has 0 saturated carbocycles. The van der Waals surface area contributed by atoms with E-state index < -0.39 is 0 Å². The lowest BCUT2D eigenvalue weighted by atomic mass is 10.1. The van der Waals surface area contributed by atoms with Gasteiger partial charge in [0, 0.05) is 0 Å². The topological polar surface area (TPSA) is 13.1 Å². The van der Waals surface area contributed by atoms with Gasteiger partial charge in [0.25, 0.3) is 0 Å². The molecule has 0 saturated heterocycles. The molecule has 1 aromatic heterocycles. The number of rotatable bonds is 7. The average molecular weight is 192 g/mol. The van der Waals surface area contributed by atoms with Crippen molar-refractivity contribution in [1.29, 1.82) is 0 Å². The maximum Gasteiger partial charge on any atom is 0.126 e. The minimum absolute atomic E-state index is 0.957. The molecule has 0 bridgehead atoms. The Balaban J connectivity index is 1.98. The maximum atomic E-state index is 5.19. The Morgan fingerprint density at radius 2 is 2.07 bits per heavy atom. The van der Waals surface area contributed by atoms with Crippen molar-refractivity contribution < 1.29 is 4.42 Å². The summed E-state index contributed by atoms with van der Waals surface area (Å²) >= 11 is 0. The van der Waals surface area contributed by atoms with Crippen molar-refractivity contribution in [1.82, 2.24) is 0 Å². The second kappa shape index (κ2) is 7.43. The molecule has 78 valence electrons. The van der Waals surface area contributed by atoms with Crippen molar-refractivity contribution in [3.8, 4) is 0 Å². The Morgan fingerprint density at radius 3 is 2.79 bits per heavy atom. The standard InChI is InChI=1S/C13H20O/c1-2-3-4-5-6-7-8-10-13-11-9-12-14-13/h8-12H,2-7H2,1H3/b10-8+. The molecule has 14 heavy (non-hydrogen) atoms. The fraction of sp³-hybridized carbons (Fsp3) is 0.538. The third kappa shape index (κ3) is 4.90. The van der Waals surface area contributed by atoms with Crippen LogP contribution >= 0.6 is 0 Å². The highest BCUT2D eigenvalue weighted by atomic mass is 16.3. The maximum absolute atomic E-state index is 5.19. The first kappa shape index (κ1) is 11.1. The quantitative estimate of drug-likeness (QED) is 0.573. The Morgan fingerprint density at radius 1 is 1.21 bits per heavy atom. The molecule has 0 atom stereocenters. The number of hydrogen-bond donors (Lipinski definition) is 0. The van der Waals surface area contributed by atoms with Crippen LogP contribution in [0.3, 0.4) is 0 Å². The van der Waals surface area contributed by atoms with Crippen LogP contribution in [0, 0.1) is 0 Å². The average Bonchev–Trinajstić information content (AvgIpc) is 2.69. The SMILES string of the molecule is CCCCCCC/C=C/c1ccco1. The van der Waals surface area contributed by atoms with Crippen molar-refractivity contribution in [3.05, 3.63) is 30.2 Å². The van der Waals surface area contributed by atoms with E-state index in [1.807, 2.05) is 12.1 Å². The summed E-state index contributed by atoms with van der Waals surface area (Å²) in [4.78, 5) is 0.